The minimum atomic E-state index is -3.71. The molecule has 3 heterocycles. The highest BCUT2D eigenvalue weighted by Crippen LogP contribution is 2.29. The molecule has 0 bridgehead atoms. The standard InChI is InChI=1S/C21H25N5O3S/c1-15-9-10-16-6-4-8-18(19(16)24-15)30(27,28)26-13-5-7-17(14-26)29-21-20(25(2)3)22-11-12-23-21/h4,6,8-12,17H,5,7,13-14H2,1-3H3. The molecule has 1 atom stereocenters. The maximum absolute atomic E-state index is 13.5. The van der Waals surface area contributed by atoms with E-state index in [9.17, 15) is 8.42 Å². The first kappa shape index (κ1) is 20.5. The number of anilines is 1. The highest BCUT2D eigenvalue weighted by molar-refractivity contribution is 7.89. The van der Waals surface area contributed by atoms with Crippen molar-refractivity contribution in [1.29, 1.82) is 0 Å². The number of aryl methyl sites for hydroxylation is 1. The van der Waals surface area contributed by atoms with E-state index in [1.807, 2.05) is 44.1 Å². The highest BCUT2D eigenvalue weighted by Gasteiger charge is 2.33. The molecule has 2 aromatic heterocycles. The van der Waals surface area contributed by atoms with E-state index in [0.717, 1.165) is 17.5 Å². The Morgan fingerprint density at radius 3 is 2.73 bits per heavy atom. The number of para-hydroxylation sites is 1. The third kappa shape index (κ3) is 3.95. The summed E-state index contributed by atoms with van der Waals surface area (Å²) in [5.74, 6) is 1.03. The fraction of sp³-hybridized carbons (Fsp3) is 0.381. The molecule has 0 spiro atoms. The molecule has 9 heteroatoms. The number of nitrogens with zero attached hydrogens (tertiary/aromatic N) is 5. The first-order chi connectivity index (χ1) is 14.4. The Morgan fingerprint density at radius 2 is 1.93 bits per heavy atom. The molecule has 0 saturated carbocycles. The Balaban J connectivity index is 1.61. The lowest BCUT2D eigenvalue weighted by Gasteiger charge is -2.32. The Hall–Kier alpha value is -2.78. The van der Waals surface area contributed by atoms with Crippen LogP contribution in [0, 0.1) is 6.92 Å². The van der Waals surface area contributed by atoms with Crippen molar-refractivity contribution in [3.8, 4) is 5.88 Å². The molecule has 0 aliphatic carbocycles. The van der Waals surface area contributed by atoms with Gasteiger partial charge in [-0.15, -0.1) is 0 Å². The van der Waals surface area contributed by atoms with Gasteiger partial charge < -0.3 is 9.64 Å². The lowest BCUT2D eigenvalue weighted by molar-refractivity contribution is 0.125. The molecule has 1 aliphatic rings. The van der Waals surface area contributed by atoms with Crippen LogP contribution in [0.4, 0.5) is 5.82 Å². The number of hydrogen-bond acceptors (Lipinski definition) is 7. The monoisotopic (exact) mass is 427 g/mol. The fourth-order valence-electron chi connectivity index (χ4n) is 3.65. The Labute approximate surface area is 176 Å². The summed E-state index contributed by atoms with van der Waals surface area (Å²) in [6.45, 7) is 2.57. The van der Waals surface area contributed by atoms with Crippen LogP contribution in [0.3, 0.4) is 0 Å². The van der Waals surface area contributed by atoms with E-state index in [4.69, 9.17) is 4.74 Å². The fourth-order valence-corrected chi connectivity index (χ4v) is 5.32. The van der Waals surface area contributed by atoms with Gasteiger partial charge in [0.2, 0.25) is 10.0 Å². The van der Waals surface area contributed by atoms with Crippen molar-refractivity contribution < 1.29 is 13.2 Å². The zero-order valence-corrected chi connectivity index (χ0v) is 18.1. The quantitative estimate of drug-likeness (QED) is 0.618. The second-order valence-electron chi connectivity index (χ2n) is 7.61. The van der Waals surface area contributed by atoms with E-state index in [2.05, 4.69) is 15.0 Å². The number of rotatable bonds is 5. The number of piperidine rings is 1. The van der Waals surface area contributed by atoms with Crippen molar-refractivity contribution in [1.82, 2.24) is 19.3 Å². The number of fused-ring (bicyclic) bond motifs is 1. The maximum atomic E-state index is 13.5. The second-order valence-corrected chi connectivity index (χ2v) is 9.51. The third-order valence-electron chi connectivity index (χ3n) is 5.13. The molecule has 0 amide bonds. The van der Waals surface area contributed by atoms with Gasteiger partial charge >= 0.3 is 0 Å². The van der Waals surface area contributed by atoms with Gasteiger partial charge in [0.05, 0.1) is 12.1 Å². The number of ether oxygens (including phenoxy) is 1. The summed E-state index contributed by atoms with van der Waals surface area (Å²) < 4.78 is 34.5. The Morgan fingerprint density at radius 1 is 1.13 bits per heavy atom. The van der Waals surface area contributed by atoms with Gasteiger partial charge in [-0.3, -0.25) is 4.98 Å². The van der Waals surface area contributed by atoms with Gasteiger partial charge in [0.1, 0.15) is 11.0 Å². The summed E-state index contributed by atoms with van der Waals surface area (Å²) >= 11 is 0. The van der Waals surface area contributed by atoms with Crippen LogP contribution in [0.2, 0.25) is 0 Å². The Kier molecular flexibility index (Phi) is 5.57. The topological polar surface area (TPSA) is 88.5 Å². The summed E-state index contributed by atoms with van der Waals surface area (Å²) in [6.07, 6.45) is 4.34. The molecule has 1 aromatic carbocycles. The lowest BCUT2D eigenvalue weighted by atomic mass is 10.1. The molecular weight excluding hydrogens is 402 g/mol. The van der Waals surface area contributed by atoms with Crippen LogP contribution in [0.5, 0.6) is 5.88 Å². The zero-order chi connectivity index (χ0) is 21.3. The van der Waals surface area contributed by atoms with Crippen molar-refractivity contribution >= 4 is 26.7 Å². The summed E-state index contributed by atoms with van der Waals surface area (Å²) in [5, 5.41) is 0.807. The van der Waals surface area contributed by atoms with Gasteiger partial charge in [0, 0.05) is 44.1 Å². The van der Waals surface area contributed by atoms with Crippen LogP contribution in [0.25, 0.3) is 10.9 Å². The molecule has 0 N–H and O–H groups in total. The Bertz CT molecular complexity index is 1170. The summed E-state index contributed by atoms with van der Waals surface area (Å²) in [6, 6.07) is 9.04. The minimum Gasteiger partial charge on any atom is -0.470 e. The molecule has 3 aromatic rings. The molecule has 8 nitrogen and oxygen atoms in total. The number of aromatic nitrogens is 3. The molecule has 1 saturated heterocycles. The predicted octanol–water partition coefficient (Wildman–Crippen LogP) is 2.63. The van der Waals surface area contributed by atoms with Gasteiger partial charge in [0.15, 0.2) is 5.82 Å². The van der Waals surface area contributed by atoms with Crippen LogP contribution in [0.1, 0.15) is 18.5 Å². The molecule has 1 aliphatic heterocycles. The third-order valence-corrected chi connectivity index (χ3v) is 7.03. The molecule has 30 heavy (non-hydrogen) atoms. The maximum Gasteiger partial charge on any atom is 0.257 e. The molecular formula is C21H25N5O3S. The van der Waals surface area contributed by atoms with E-state index >= 15 is 0 Å². The number of hydrogen-bond donors (Lipinski definition) is 0. The minimum absolute atomic E-state index is 0.234. The van der Waals surface area contributed by atoms with E-state index in [1.165, 1.54) is 4.31 Å². The zero-order valence-electron chi connectivity index (χ0n) is 17.3. The van der Waals surface area contributed by atoms with Gasteiger partial charge in [-0.25, -0.2) is 18.4 Å². The number of sulfonamides is 1. The van der Waals surface area contributed by atoms with Crippen LogP contribution in [-0.4, -0.2) is 61.0 Å². The van der Waals surface area contributed by atoms with Crippen molar-refractivity contribution in [3.05, 3.63) is 48.4 Å². The summed E-state index contributed by atoms with van der Waals surface area (Å²) in [7, 11) is 0.0175. The van der Waals surface area contributed by atoms with Crippen LogP contribution >= 0.6 is 0 Å². The average Bonchev–Trinajstić information content (AvgIpc) is 2.73. The second kappa shape index (κ2) is 8.16. The summed E-state index contributed by atoms with van der Waals surface area (Å²) in [4.78, 5) is 15.1. The van der Waals surface area contributed by atoms with Crippen molar-refractivity contribution in [2.24, 2.45) is 0 Å². The van der Waals surface area contributed by atoms with Gasteiger partial charge in [-0.05, 0) is 31.9 Å². The van der Waals surface area contributed by atoms with Crippen LogP contribution < -0.4 is 9.64 Å². The van der Waals surface area contributed by atoms with Crippen molar-refractivity contribution in [2.45, 2.75) is 30.8 Å². The van der Waals surface area contributed by atoms with E-state index in [0.29, 0.717) is 30.2 Å². The predicted molar refractivity (Wildman–Crippen MR) is 115 cm³/mol. The first-order valence-corrected chi connectivity index (χ1v) is 11.3. The van der Waals surface area contributed by atoms with E-state index < -0.39 is 10.0 Å². The van der Waals surface area contributed by atoms with Crippen LogP contribution in [0.15, 0.2) is 47.6 Å². The summed E-state index contributed by atoms with van der Waals surface area (Å²) in [5.41, 5.74) is 1.29. The van der Waals surface area contributed by atoms with Crippen LogP contribution in [-0.2, 0) is 10.0 Å². The molecule has 4 rings (SSSR count). The number of benzene rings is 1. The molecule has 1 fully saturated rings. The van der Waals surface area contributed by atoms with E-state index in [1.54, 1.807) is 24.5 Å². The molecule has 0 radical (unpaired) electrons. The van der Waals surface area contributed by atoms with E-state index in [-0.39, 0.29) is 17.5 Å². The van der Waals surface area contributed by atoms with Crippen molar-refractivity contribution in [2.75, 3.05) is 32.1 Å². The molecule has 1 unspecified atom stereocenters. The van der Waals surface area contributed by atoms with Crippen molar-refractivity contribution in [3.63, 3.8) is 0 Å². The normalized spacial score (nSPS) is 17.8. The SMILES string of the molecule is Cc1ccc2cccc(S(=O)(=O)N3CCCC(Oc4nccnc4N(C)C)C3)c2n1. The molecule has 158 valence electrons. The lowest BCUT2D eigenvalue weighted by Crippen LogP contribution is -2.44. The van der Waals surface area contributed by atoms with Gasteiger partial charge in [0.25, 0.3) is 5.88 Å². The smallest absolute Gasteiger partial charge is 0.257 e. The highest BCUT2D eigenvalue weighted by atomic mass is 32.2. The van der Waals surface area contributed by atoms with Gasteiger partial charge in [-0.1, -0.05) is 18.2 Å². The first-order valence-electron chi connectivity index (χ1n) is 9.88. The number of pyridine rings is 1. The van der Waals surface area contributed by atoms with Gasteiger partial charge in [-0.2, -0.15) is 4.31 Å². The average molecular weight is 428 g/mol. The largest absolute Gasteiger partial charge is 0.470 e.